The van der Waals surface area contributed by atoms with E-state index in [4.69, 9.17) is 23.2 Å². The SMILES string of the molecule is CCNC(=O)CN(C)C(=O)Nc1cc(Cl)ccc1Cl. The minimum atomic E-state index is -0.435. The Morgan fingerprint density at radius 1 is 1.32 bits per heavy atom. The zero-order valence-electron chi connectivity index (χ0n) is 10.7. The Bertz CT molecular complexity index is 480. The number of benzene rings is 1. The average molecular weight is 304 g/mol. The maximum atomic E-state index is 11.8. The number of urea groups is 1. The third-order valence-corrected chi connectivity index (χ3v) is 2.84. The molecule has 19 heavy (non-hydrogen) atoms. The van der Waals surface area contributed by atoms with Gasteiger partial charge in [0, 0.05) is 18.6 Å². The summed E-state index contributed by atoms with van der Waals surface area (Å²) in [5.74, 6) is -0.225. The van der Waals surface area contributed by atoms with Crippen LogP contribution in [0.5, 0.6) is 0 Å². The van der Waals surface area contributed by atoms with E-state index >= 15 is 0 Å². The molecule has 7 heteroatoms. The van der Waals surface area contributed by atoms with E-state index in [0.717, 1.165) is 0 Å². The first-order valence-electron chi connectivity index (χ1n) is 5.68. The smallest absolute Gasteiger partial charge is 0.322 e. The van der Waals surface area contributed by atoms with Gasteiger partial charge < -0.3 is 15.5 Å². The molecule has 3 amide bonds. The molecule has 0 aliphatic rings. The van der Waals surface area contributed by atoms with Crippen LogP contribution in [0.4, 0.5) is 10.5 Å². The molecule has 1 rings (SSSR count). The van der Waals surface area contributed by atoms with E-state index in [-0.39, 0.29) is 12.5 Å². The molecule has 0 radical (unpaired) electrons. The minimum Gasteiger partial charge on any atom is -0.355 e. The second kappa shape index (κ2) is 7.21. The predicted octanol–water partition coefficient (Wildman–Crippen LogP) is 2.59. The van der Waals surface area contributed by atoms with Crippen molar-refractivity contribution in [2.45, 2.75) is 6.92 Å². The zero-order valence-corrected chi connectivity index (χ0v) is 12.2. The molecular formula is C12H15Cl2N3O2. The fourth-order valence-corrected chi connectivity index (χ4v) is 1.68. The Labute approximate surface area is 121 Å². The fraction of sp³-hybridized carbons (Fsp3) is 0.333. The molecule has 5 nitrogen and oxygen atoms in total. The van der Waals surface area contributed by atoms with Crippen LogP contribution in [-0.4, -0.2) is 37.0 Å². The van der Waals surface area contributed by atoms with Gasteiger partial charge in [-0.3, -0.25) is 4.79 Å². The second-order valence-corrected chi connectivity index (χ2v) is 4.71. The molecule has 0 saturated carbocycles. The van der Waals surface area contributed by atoms with Gasteiger partial charge >= 0.3 is 6.03 Å². The summed E-state index contributed by atoms with van der Waals surface area (Å²) in [5.41, 5.74) is 0.405. The number of rotatable bonds is 4. The van der Waals surface area contributed by atoms with Gasteiger partial charge in [0.25, 0.3) is 0 Å². The van der Waals surface area contributed by atoms with Crippen LogP contribution >= 0.6 is 23.2 Å². The highest BCUT2D eigenvalue weighted by Gasteiger charge is 2.13. The van der Waals surface area contributed by atoms with Crippen molar-refractivity contribution >= 4 is 40.8 Å². The number of likely N-dealkylation sites (N-methyl/N-ethyl adjacent to an activating group) is 2. The van der Waals surface area contributed by atoms with E-state index in [9.17, 15) is 9.59 Å². The molecular weight excluding hydrogens is 289 g/mol. The lowest BCUT2D eigenvalue weighted by atomic mass is 10.3. The van der Waals surface area contributed by atoms with Gasteiger partial charge in [0.1, 0.15) is 6.54 Å². The van der Waals surface area contributed by atoms with Gasteiger partial charge in [-0.1, -0.05) is 23.2 Å². The highest BCUT2D eigenvalue weighted by atomic mass is 35.5. The standard InChI is InChI=1S/C12H15Cl2N3O2/c1-3-15-11(18)7-17(2)12(19)16-10-6-8(13)4-5-9(10)14/h4-6H,3,7H2,1-2H3,(H,15,18)(H,16,19). The van der Waals surface area contributed by atoms with E-state index in [1.54, 1.807) is 18.2 Å². The van der Waals surface area contributed by atoms with Crippen LogP contribution in [0.25, 0.3) is 0 Å². The lowest BCUT2D eigenvalue weighted by molar-refractivity contribution is -0.121. The summed E-state index contributed by atoms with van der Waals surface area (Å²) in [4.78, 5) is 24.5. The zero-order chi connectivity index (χ0) is 14.4. The summed E-state index contributed by atoms with van der Waals surface area (Å²) in [5, 5.41) is 6.04. The number of carbonyl (C=O) groups is 2. The number of nitrogens with one attached hydrogen (secondary N) is 2. The Morgan fingerprint density at radius 2 is 2.00 bits per heavy atom. The molecule has 0 aliphatic heterocycles. The largest absolute Gasteiger partial charge is 0.355 e. The maximum Gasteiger partial charge on any atom is 0.322 e. The molecule has 0 unspecified atom stereocenters. The molecule has 0 fully saturated rings. The van der Waals surface area contributed by atoms with Gasteiger partial charge in [-0.05, 0) is 25.1 Å². The molecule has 2 N–H and O–H groups in total. The van der Waals surface area contributed by atoms with Crippen LogP contribution in [-0.2, 0) is 4.79 Å². The van der Waals surface area contributed by atoms with Gasteiger partial charge in [0.15, 0.2) is 0 Å². The van der Waals surface area contributed by atoms with Gasteiger partial charge in [0.2, 0.25) is 5.91 Å². The van der Waals surface area contributed by atoms with Crippen molar-refractivity contribution in [1.82, 2.24) is 10.2 Å². The van der Waals surface area contributed by atoms with Gasteiger partial charge in [-0.25, -0.2) is 4.79 Å². The minimum absolute atomic E-state index is 0.0299. The number of carbonyl (C=O) groups excluding carboxylic acids is 2. The number of anilines is 1. The Kier molecular flexibility index (Phi) is 5.92. The van der Waals surface area contributed by atoms with Crippen molar-refractivity contribution in [3.8, 4) is 0 Å². The van der Waals surface area contributed by atoms with Crippen LogP contribution in [0, 0.1) is 0 Å². The first-order valence-corrected chi connectivity index (χ1v) is 6.43. The van der Waals surface area contributed by atoms with E-state index in [0.29, 0.717) is 22.3 Å². The normalized spacial score (nSPS) is 9.89. The number of halogens is 2. The van der Waals surface area contributed by atoms with E-state index in [1.165, 1.54) is 11.9 Å². The highest BCUT2D eigenvalue weighted by molar-refractivity contribution is 6.35. The van der Waals surface area contributed by atoms with Crippen LogP contribution < -0.4 is 10.6 Å². The highest BCUT2D eigenvalue weighted by Crippen LogP contribution is 2.25. The number of amides is 3. The van der Waals surface area contributed by atoms with Gasteiger partial charge in [-0.15, -0.1) is 0 Å². The Balaban J connectivity index is 2.63. The maximum absolute atomic E-state index is 11.8. The topological polar surface area (TPSA) is 61.4 Å². The number of hydrogen-bond donors (Lipinski definition) is 2. The quantitative estimate of drug-likeness (QED) is 0.898. The van der Waals surface area contributed by atoms with Crippen molar-refractivity contribution < 1.29 is 9.59 Å². The third kappa shape index (κ3) is 4.96. The predicted molar refractivity (Wildman–Crippen MR) is 76.8 cm³/mol. The lowest BCUT2D eigenvalue weighted by Gasteiger charge is -2.18. The Morgan fingerprint density at radius 3 is 2.63 bits per heavy atom. The number of hydrogen-bond acceptors (Lipinski definition) is 2. The van der Waals surface area contributed by atoms with Crippen LogP contribution in [0.2, 0.25) is 10.0 Å². The molecule has 0 saturated heterocycles. The Hall–Kier alpha value is -1.46. The van der Waals surface area contributed by atoms with E-state index in [2.05, 4.69) is 10.6 Å². The molecule has 0 bridgehead atoms. The summed E-state index contributed by atoms with van der Waals surface area (Å²) >= 11 is 11.7. The first kappa shape index (κ1) is 15.6. The summed E-state index contributed by atoms with van der Waals surface area (Å²) in [6.45, 7) is 2.30. The van der Waals surface area contributed by atoms with Gasteiger partial charge in [-0.2, -0.15) is 0 Å². The molecule has 0 spiro atoms. The lowest BCUT2D eigenvalue weighted by Crippen LogP contribution is -2.40. The summed E-state index contributed by atoms with van der Waals surface area (Å²) in [6.07, 6.45) is 0. The monoisotopic (exact) mass is 303 g/mol. The van der Waals surface area contributed by atoms with Crippen LogP contribution in [0.15, 0.2) is 18.2 Å². The average Bonchev–Trinajstić information content (AvgIpc) is 2.34. The van der Waals surface area contributed by atoms with Crippen LogP contribution in [0.3, 0.4) is 0 Å². The van der Waals surface area contributed by atoms with Crippen molar-refractivity contribution in [2.24, 2.45) is 0 Å². The molecule has 0 aliphatic carbocycles. The van der Waals surface area contributed by atoms with E-state index in [1.807, 2.05) is 6.92 Å². The second-order valence-electron chi connectivity index (χ2n) is 3.86. The number of nitrogens with zero attached hydrogens (tertiary/aromatic N) is 1. The summed E-state index contributed by atoms with van der Waals surface area (Å²) in [7, 11) is 1.52. The van der Waals surface area contributed by atoms with Crippen molar-refractivity contribution in [2.75, 3.05) is 25.5 Å². The van der Waals surface area contributed by atoms with E-state index < -0.39 is 6.03 Å². The van der Waals surface area contributed by atoms with Crippen molar-refractivity contribution in [3.05, 3.63) is 28.2 Å². The fourth-order valence-electron chi connectivity index (χ4n) is 1.34. The molecule has 0 heterocycles. The van der Waals surface area contributed by atoms with Crippen LogP contribution in [0.1, 0.15) is 6.92 Å². The molecule has 104 valence electrons. The molecule has 0 atom stereocenters. The van der Waals surface area contributed by atoms with Crippen molar-refractivity contribution in [3.63, 3.8) is 0 Å². The molecule has 1 aromatic carbocycles. The summed E-state index contributed by atoms with van der Waals surface area (Å²) < 4.78 is 0. The summed E-state index contributed by atoms with van der Waals surface area (Å²) in [6, 6.07) is 4.32. The van der Waals surface area contributed by atoms with Gasteiger partial charge in [0.05, 0.1) is 10.7 Å². The molecule has 0 aromatic heterocycles. The van der Waals surface area contributed by atoms with Crippen molar-refractivity contribution in [1.29, 1.82) is 0 Å². The third-order valence-electron chi connectivity index (χ3n) is 2.27. The molecule has 1 aromatic rings. The first-order chi connectivity index (χ1) is 8.93.